The number of hydrogen-bond acceptors (Lipinski definition) is 6. The molecular weight excluding hydrogens is 358 g/mol. The maximum absolute atomic E-state index is 12.2. The fourth-order valence-electron chi connectivity index (χ4n) is 2.98. The first-order chi connectivity index (χ1) is 13.8. The number of ether oxygens (including phenoxy) is 3. The molecule has 2 aromatic carbocycles. The number of hydrogen-bond donors (Lipinski definition) is 0. The van der Waals surface area contributed by atoms with Crippen LogP contribution in [0.3, 0.4) is 0 Å². The van der Waals surface area contributed by atoms with Crippen LogP contribution >= 0.6 is 0 Å². The van der Waals surface area contributed by atoms with Crippen molar-refractivity contribution in [2.45, 2.75) is 25.6 Å². The molecule has 4 rings (SSSR count). The molecule has 0 N–H and O–H groups in total. The second-order valence-electron chi connectivity index (χ2n) is 6.53. The number of aromatic nitrogens is 1. The van der Waals surface area contributed by atoms with E-state index in [-0.39, 0.29) is 12.7 Å². The molecule has 1 atom stereocenters. The molecule has 1 aliphatic rings. The van der Waals surface area contributed by atoms with E-state index < -0.39 is 5.97 Å². The van der Waals surface area contributed by atoms with Gasteiger partial charge in [0.2, 0.25) is 5.89 Å². The van der Waals surface area contributed by atoms with Crippen LogP contribution in [0.5, 0.6) is 5.75 Å². The van der Waals surface area contributed by atoms with E-state index in [0.717, 1.165) is 25.0 Å². The molecule has 0 spiro atoms. The zero-order valence-electron chi connectivity index (χ0n) is 15.4. The molecule has 1 aromatic heterocycles. The highest BCUT2D eigenvalue weighted by molar-refractivity contribution is 5.89. The molecule has 6 heteroatoms. The molecule has 0 amide bonds. The Kier molecular flexibility index (Phi) is 5.68. The SMILES string of the molecule is O=C(OCc1ncc(-c2ccccc2)o1)c1ccc(OC[C@@H]2CCCO2)cc1. The summed E-state index contributed by atoms with van der Waals surface area (Å²) in [5.74, 6) is 1.25. The van der Waals surface area contributed by atoms with Gasteiger partial charge in [0.1, 0.15) is 12.4 Å². The van der Waals surface area contributed by atoms with Crippen LogP contribution in [0.2, 0.25) is 0 Å². The Morgan fingerprint density at radius 2 is 1.93 bits per heavy atom. The zero-order valence-corrected chi connectivity index (χ0v) is 15.4. The molecule has 144 valence electrons. The Bertz CT molecular complexity index is 898. The summed E-state index contributed by atoms with van der Waals surface area (Å²) in [6.07, 6.45) is 3.89. The molecule has 0 radical (unpaired) electrons. The normalized spacial score (nSPS) is 16.1. The van der Waals surface area contributed by atoms with Crippen LogP contribution in [0.4, 0.5) is 0 Å². The van der Waals surface area contributed by atoms with Crippen LogP contribution in [-0.2, 0) is 16.1 Å². The van der Waals surface area contributed by atoms with Gasteiger partial charge in [0.25, 0.3) is 0 Å². The summed E-state index contributed by atoms with van der Waals surface area (Å²) in [7, 11) is 0. The molecule has 0 unspecified atom stereocenters. The molecule has 0 saturated carbocycles. The van der Waals surface area contributed by atoms with Gasteiger partial charge in [-0.1, -0.05) is 30.3 Å². The van der Waals surface area contributed by atoms with Gasteiger partial charge in [0, 0.05) is 12.2 Å². The summed E-state index contributed by atoms with van der Waals surface area (Å²) in [5, 5.41) is 0. The minimum absolute atomic E-state index is 0.0249. The van der Waals surface area contributed by atoms with E-state index in [1.54, 1.807) is 30.5 Å². The first-order valence-electron chi connectivity index (χ1n) is 9.29. The van der Waals surface area contributed by atoms with E-state index in [4.69, 9.17) is 18.6 Å². The lowest BCUT2D eigenvalue weighted by Crippen LogP contribution is -2.16. The molecule has 0 aliphatic carbocycles. The number of esters is 1. The van der Waals surface area contributed by atoms with Crippen molar-refractivity contribution < 1.29 is 23.4 Å². The van der Waals surface area contributed by atoms with Crippen molar-refractivity contribution in [2.24, 2.45) is 0 Å². The Balaban J connectivity index is 1.28. The highest BCUT2D eigenvalue weighted by Gasteiger charge is 2.16. The van der Waals surface area contributed by atoms with E-state index in [1.807, 2.05) is 30.3 Å². The number of oxazole rings is 1. The minimum Gasteiger partial charge on any atom is -0.491 e. The number of nitrogens with zero attached hydrogens (tertiary/aromatic N) is 1. The van der Waals surface area contributed by atoms with Gasteiger partial charge in [-0.2, -0.15) is 0 Å². The Labute approximate surface area is 163 Å². The summed E-state index contributed by atoms with van der Waals surface area (Å²) < 4.78 is 22.1. The van der Waals surface area contributed by atoms with Crippen molar-refractivity contribution in [1.82, 2.24) is 4.98 Å². The summed E-state index contributed by atoms with van der Waals surface area (Å²) in [6, 6.07) is 16.5. The third-order valence-corrected chi connectivity index (χ3v) is 4.49. The molecule has 28 heavy (non-hydrogen) atoms. The van der Waals surface area contributed by atoms with Crippen LogP contribution in [0.1, 0.15) is 29.1 Å². The van der Waals surface area contributed by atoms with Gasteiger partial charge in [-0.3, -0.25) is 0 Å². The Hall–Kier alpha value is -3.12. The molecular formula is C22H21NO5. The van der Waals surface area contributed by atoms with E-state index >= 15 is 0 Å². The van der Waals surface area contributed by atoms with Crippen molar-refractivity contribution in [3.63, 3.8) is 0 Å². The third-order valence-electron chi connectivity index (χ3n) is 4.49. The molecule has 6 nitrogen and oxygen atoms in total. The molecule has 1 saturated heterocycles. The first kappa shape index (κ1) is 18.3. The predicted molar refractivity (Wildman–Crippen MR) is 102 cm³/mol. The second-order valence-corrected chi connectivity index (χ2v) is 6.53. The standard InChI is InChI=1S/C22H21NO5/c24-22(17-8-10-18(11-9-17)26-14-19-7-4-12-25-19)27-15-21-23-13-20(28-21)16-5-2-1-3-6-16/h1-3,5-6,8-11,13,19H,4,7,12,14-15H2/t19-/m0/s1. The fourth-order valence-corrected chi connectivity index (χ4v) is 2.98. The number of carbonyl (C=O) groups is 1. The van der Waals surface area contributed by atoms with Crippen molar-refractivity contribution >= 4 is 5.97 Å². The van der Waals surface area contributed by atoms with E-state index in [9.17, 15) is 4.79 Å². The summed E-state index contributed by atoms with van der Waals surface area (Å²) in [6.45, 7) is 1.30. The van der Waals surface area contributed by atoms with Crippen molar-refractivity contribution in [2.75, 3.05) is 13.2 Å². The summed E-state index contributed by atoms with van der Waals surface area (Å²) in [4.78, 5) is 16.4. The second kappa shape index (κ2) is 8.71. The van der Waals surface area contributed by atoms with Crippen LogP contribution in [0, 0.1) is 0 Å². The topological polar surface area (TPSA) is 70.8 Å². The lowest BCUT2D eigenvalue weighted by Gasteiger charge is -2.11. The monoisotopic (exact) mass is 379 g/mol. The molecule has 1 fully saturated rings. The summed E-state index contributed by atoms with van der Waals surface area (Å²) >= 11 is 0. The van der Waals surface area contributed by atoms with Gasteiger partial charge in [0.05, 0.1) is 17.9 Å². The van der Waals surface area contributed by atoms with Crippen molar-refractivity contribution in [3.8, 4) is 17.1 Å². The summed E-state index contributed by atoms with van der Waals surface area (Å²) in [5.41, 5.74) is 1.37. The van der Waals surface area contributed by atoms with Crippen molar-refractivity contribution in [1.29, 1.82) is 0 Å². The lowest BCUT2D eigenvalue weighted by atomic mass is 10.2. The first-order valence-corrected chi connectivity index (χ1v) is 9.29. The maximum atomic E-state index is 12.2. The van der Waals surface area contributed by atoms with Crippen LogP contribution in [-0.4, -0.2) is 30.3 Å². The number of carbonyl (C=O) groups excluding carboxylic acids is 1. The highest BCUT2D eigenvalue weighted by atomic mass is 16.5. The van der Waals surface area contributed by atoms with Crippen molar-refractivity contribution in [3.05, 3.63) is 72.2 Å². The van der Waals surface area contributed by atoms with Gasteiger partial charge < -0.3 is 18.6 Å². The Morgan fingerprint density at radius 3 is 2.68 bits per heavy atom. The van der Waals surface area contributed by atoms with E-state index in [1.165, 1.54) is 0 Å². The van der Waals surface area contributed by atoms with Crippen LogP contribution < -0.4 is 4.74 Å². The number of rotatable bonds is 7. The van der Waals surface area contributed by atoms with Gasteiger partial charge in [-0.15, -0.1) is 0 Å². The smallest absolute Gasteiger partial charge is 0.338 e. The van der Waals surface area contributed by atoms with Gasteiger partial charge in [0.15, 0.2) is 12.4 Å². The van der Waals surface area contributed by atoms with E-state index in [2.05, 4.69) is 4.98 Å². The Morgan fingerprint density at radius 1 is 1.11 bits per heavy atom. The van der Waals surface area contributed by atoms with Gasteiger partial charge in [-0.25, -0.2) is 9.78 Å². The van der Waals surface area contributed by atoms with Crippen LogP contribution in [0.15, 0.2) is 65.2 Å². The van der Waals surface area contributed by atoms with Crippen LogP contribution in [0.25, 0.3) is 11.3 Å². The maximum Gasteiger partial charge on any atom is 0.338 e. The van der Waals surface area contributed by atoms with Gasteiger partial charge >= 0.3 is 5.97 Å². The van der Waals surface area contributed by atoms with Gasteiger partial charge in [-0.05, 0) is 37.1 Å². The quantitative estimate of drug-likeness (QED) is 0.572. The minimum atomic E-state index is -0.440. The molecule has 3 aromatic rings. The average molecular weight is 379 g/mol. The predicted octanol–water partition coefficient (Wildman–Crippen LogP) is 4.26. The zero-order chi connectivity index (χ0) is 19.2. The molecule has 1 aliphatic heterocycles. The molecule has 0 bridgehead atoms. The van der Waals surface area contributed by atoms with E-state index in [0.29, 0.717) is 29.6 Å². The number of benzene rings is 2. The molecule has 2 heterocycles. The average Bonchev–Trinajstić information content (AvgIpc) is 3.44. The third kappa shape index (κ3) is 4.58. The fraction of sp³-hybridized carbons (Fsp3) is 0.273. The lowest BCUT2D eigenvalue weighted by molar-refractivity contribution is 0.0438. The largest absolute Gasteiger partial charge is 0.491 e. The highest BCUT2D eigenvalue weighted by Crippen LogP contribution is 2.21.